The van der Waals surface area contributed by atoms with Crippen LogP contribution >= 0.6 is 0 Å². The Hall–Kier alpha value is -1.35. The van der Waals surface area contributed by atoms with E-state index in [1.165, 1.54) is 0 Å². The summed E-state index contributed by atoms with van der Waals surface area (Å²) < 4.78 is 5.17. The molecular formula is C12H15NO2. The van der Waals surface area contributed by atoms with Gasteiger partial charge in [0.25, 0.3) is 0 Å². The maximum Gasteiger partial charge on any atom is 0.173 e. The lowest BCUT2D eigenvalue weighted by molar-refractivity contribution is 0.0902. The Morgan fingerprint density at radius 2 is 2.13 bits per heavy atom. The molecule has 3 heteroatoms. The molecule has 15 heavy (non-hydrogen) atoms. The normalized spacial score (nSPS) is 17.2. The molecule has 0 saturated heterocycles. The summed E-state index contributed by atoms with van der Waals surface area (Å²) in [7, 11) is 1.58. The van der Waals surface area contributed by atoms with Crippen LogP contribution in [0.4, 0.5) is 0 Å². The number of ether oxygens (including phenoxy) is 1. The largest absolute Gasteiger partial charge is 0.496 e. The molecule has 2 N–H and O–H groups in total. The summed E-state index contributed by atoms with van der Waals surface area (Å²) in [6, 6.07) is 7.32. The van der Waals surface area contributed by atoms with Gasteiger partial charge in [-0.15, -0.1) is 0 Å². The van der Waals surface area contributed by atoms with Crippen LogP contribution in [0.15, 0.2) is 24.3 Å². The first kappa shape index (κ1) is 10.2. The molecule has 3 nitrogen and oxygen atoms in total. The third-order valence-electron chi connectivity index (χ3n) is 3.08. The second-order valence-corrected chi connectivity index (χ2v) is 4.01. The molecule has 1 fully saturated rings. The van der Waals surface area contributed by atoms with E-state index < -0.39 is 0 Å². The molecule has 1 aliphatic carbocycles. The fraction of sp³-hybridized carbons (Fsp3) is 0.417. The van der Waals surface area contributed by atoms with Gasteiger partial charge in [0.1, 0.15) is 5.75 Å². The minimum Gasteiger partial charge on any atom is -0.496 e. The Kier molecular flexibility index (Phi) is 2.49. The zero-order valence-corrected chi connectivity index (χ0v) is 8.82. The van der Waals surface area contributed by atoms with Crippen LogP contribution in [-0.4, -0.2) is 19.4 Å². The lowest BCUT2D eigenvalue weighted by atomic mass is 9.94. The van der Waals surface area contributed by atoms with Gasteiger partial charge in [0, 0.05) is 12.0 Å². The number of methoxy groups -OCH3 is 1. The van der Waals surface area contributed by atoms with Crippen LogP contribution in [0.1, 0.15) is 23.2 Å². The number of hydrogen-bond donors (Lipinski definition) is 1. The Morgan fingerprint density at radius 1 is 1.47 bits per heavy atom. The van der Waals surface area contributed by atoms with E-state index in [-0.39, 0.29) is 11.2 Å². The second-order valence-electron chi connectivity index (χ2n) is 4.01. The van der Waals surface area contributed by atoms with E-state index in [1.54, 1.807) is 19.2 Å². The van der Waals surface area contributed by atoms with Crippen LogP contribution in [0.2, 0.25) is 0 Å². The highest BCUT2D eigenvalue weighted by molar-refractivity contribution is 6.04. The van der Waals surface area contributed by atoms with E-state index in [0.29, 0.717) is 17.9 Å². The third kappa shape index (κ3) is 1.63. The van der Waals surface area contributed by atoms with Gasteiger partial charge in [0.2, 0.25) is 0 Å². The van der Waals surface area contributed by atoms with Crippen molar-refractivity contribution in [3.8, 4) is 5.75 Å². The minimum absolute atomic E-state index is 0.127. The van der Waals surface area contributed by atoms with Crippen molar-refractivity contribution in [2.24, 2.45) is 11.1 Å². The summed E-state index contributed by atoms with van der Waals surface area (Å²) in [5.41, 5.74) is 6.00. The summed E-state index contributed by atoms with van der Waals surface area (Å²) in [5.74, 6) is 0.768. The maximum absolute atomic E-state index is 12.2. The lowest BCUT2D eigenvalue weighted by Crippen LogP contribution is -2.25. The first-order valence-corrected chi connectivity index (χ1v) is 5.11. The average molecular weight is 205 g/mol. The van der Waals surface area contributed by atoms with Gasteiger partial charge in [0.15, 0.2) is 5.78 Å². The molecule has 0 aliphatic heterocycles. The highest BCUT2D eigenvalue weighted by atomic mass is 16.5. The van der Waals surface area contributed by atoms with Crippen molar-refractivity contribution in [2.75, 3.05) is 13.7 Å². The van der Waals surface area contributed by atoms with E-state index in [1.807, 2.05) is 12.1 Å². The molecule has 1 saturated carbocycles. The van der Waals surface area contributed by atoms with E-state index in [0.717, 1.165) is 12.8 Å². The van der Waals surface area contributed by atoms with Crippen molar-refractivity contribution in [3.63, 3.8) is 0 Å². The van der Waals surface area contributed by atoms with Crippen molar-refractivity contribution < 1.29 is 9.53 Å². The molecule has 1 aliphatic rings. The number of ketones is 1. The van der Waals surface area contributed by atoms with Gasteiger partial charge in [-0.2, -0.15) is 0 Å². The van der Waals surface area contributed by atoms with Crippen molar-refractivity contribution in [1.82, 2.24) is 0 Å². The zero-order valence-electron chi connectivity index (χ0n) is 8.82. The van der Waals surface area contributed by atoms with Crippen molar-refractivity contribution in [3.05, 3.63) is 29.8 Å². The Morgan fingerprint density at radius 3 is 2.67 bits per heavy atom. The molecule has 0 atom stereocenters. The van der Waals surface area contributed by atoms with Crippen LogP contribution in [-0.2, 0) is 0 Å². The van der Waals surface area contributed by atoms with Crippen LogP contribution in [0.25, 0.3) is 0 Å². The van der Waals surface area contributed by atoms with Crippen molar-refractivity contribution in [2.45, 2.75) is 12.8 Å². The summed E-state index contributed by atoms with van der Waals surface area (Å²) in [6.07, 6.45) is 1.81. The van der Waals surface area contributed by atoms with Gasteiger partial charge in [0.05, 0.1) is 12.7 Å². The molecule has 1 aromatic rings. The molecule has 2 rings (SSSR count). The van der Waals surface area contributed by atoms with Crippen LogP contribution in [0.3, 0.4) is 0 Å². The number of hydrogen-bond acceptors (Lipinski definition) is 3. The van der Waals surface area contributed by atoms with E-state index in [2.05, 4.69) is 0 Å². The van der Waals surface area contributed by atoms with Crippen molar-refractivity contribution in [1.29, 1.82) is 0 Å². The summed E-state index contributed by atoms with van der Waals surface area (Å²) in [6.45, 7) is 0.434. The van der Waals surface area contributed by atoms with Gasteiger partial charge in [-0.05, 0) is 25.0 Å². The predicted octanol–water partition coefficient (Wildman–Crippen LogP) is 1.62. The van der Waals surface area contributed by atoms with Crippen LogP contribution in [0, 0.1) is 5.41 Å². The number of carbonyl (C=O) groups excluding carboxylic acids is 1. The second kappa shape index (κ2) is 3.66. The number of rotatable bonds is 4. The molecule has 80 valence electrons. The summed E-state index contributed by atoms with van der Waals surface area (Å²) in [5, 5.41) is 0. The Balaban J connectivity index is 2.33. The molecule has 0 spiro atoms. The Bertz CT molecular complexity index is 383. The summed E-state index contributed by atoms with van der Waals surface area (Å²) >= 11 is 0. The number of para-hydroxylation sites is 1. The Labute approximate surface area is 89.2 Å². The molecule has 0 heterocycles. The maximum atomic E-state index is 12.2. The summed E-state index contributed by atoms with van der Waals surface area (Å²) in [4.78, 5) is 12.2. The topological polar surface area (TPSA) is 52.3 Å². The van der Waals surface area contributed by atoms with Crippen molar-refractivity contribution >= 4 is 5.78 Å². The van der Waals surface area contributed by atoms with E-state index >= 15 is 0 Å². The fourth-order valence-corrected chi connectivity index (χ4v) is 1.79. The molecule has 0 amide bonds. The fourth-order valence-electron chi connectivity index (χ4n) is 1.79. The highest BCUT2D eigenvalue weighted by Gasteiger charge is 2.49. The van der Waals surface area contributed by atoms with Gasteiger partial charge >= 0.3 is 0 Å². The number of nitrogens with two attached hydrogens (primary N) is 1. The number of Topliss-reactive ketones (excluding diaryl/α,β-unsaturated/α-hetero) is 1. The average Bonchev–Trinajstić information content (AvgIpc) is 3.09. The first-order chi connectivity index (χ1) is 7.23. The van der Waals surface area contributed by atoms with Gasteiger partial charge in [-0.3, -0.25) is 4.79 Å². The van der Waals surface area contributed by atoms with E-state index in [4.69, 9.17) is 10.5 Å². The molecule has 0 unspecified atom stereocenters. The highest BCUT2D eigenvalue weighted by Crippen LogP contribution is 2.48. The molecular weight excluding hydrogens is 190 g/mol. The standard InChI is InChI=1S/C12H15NO2/c1-15-10-5-3-2-4-9(10)11(14)12(8-13)6-7-12/h2-5H,6-8,13H2,1H3. The SMILES string of the molecule is COc1ccccc1C(=O)C1(CN)CC1. The van der Waals surface area contributed by atoms with Gasteiger partial charge in [-0.1, -0.05) is 12.1 Å². The van der Waals surface area contributed by atoms with Crippen LogP contribution in [0.5, 0.6) is 5.75 Å². The van der Waals surface area contributed by atoms with E-state index in [9.17, 15) is 4.79 Å². The minimum atomic E-state index is -0.297. The molecule has 0 aromatic heterocycles. The molecule has 0 bridgehead atoms. The first-order valence-electron chi connectivity index (χ1n) is 5.11. The quantitative estimate of drug-likeness (QED) is 0.760. The van der Waals surface area contributed by atoms with Gasteiger partial charge < -0.3 is 10.5 Å². The molecule has 0 radical (unpaired) electrons. The smallest absolute Gasteiger partial charge is 0.173 e. The zero-order chi connectivity index (χ0) is 10.9. The predicted molar refractivity (Wildman–Crippen MR) is 58.0 cm³/mol. The number of carbonyl (C=O) groups is 1. The number of benzene rings is 1. The van der Waals surface area contributed by atoms with Crippen LogP contribution < -0.4 is 10.5 Å². The van der Waals surface area contributed by atoms with Gasteiger partial charge in [-0.25, -0.2) is 0 Å². The monoisotopic (exact) mass is 205 g/mol. The lowest BCUT2D eigenvalue weighted by Gasteiger charge is -2.13. The third-order valence-corrected chi connectivity index (χ3v) is 3.08. The molecule has 1 aromatic carbocycles.